The molecule has 0 spiro atoms. The fourth-order valence-corrected chi connectivity index (χ4v) is 1.30. The topological polar surface area (TPSA) is 25.8 Å². The Balaban J connectivity index is 0.000000606. The van der Waals surface area contributed by atoms with Crippen LogP contribution >= 0.6 is 0 Å². The summed E-state index contributed by atoms with van der Waals surface area (Å²) in [6.07, 6.45) is 4.71. The zero-order chi connectivity index (χ0) is 11.8. The number of aryl methyl sites for hydroxylation is 1. The van der Waals surface area contributed by atoms with Gasteiger partial charge in [0, 0.05) is 12.4 Å². The van der Waals surface area contributed by atoms with E-state index in [1.165, 1.54) is 5.56 Å². The van der Waals surface area contributed by atoms with Gasteiger partial charge in [-0.05, 0) is 30.2 Å². The van der Waals surface area contributed by atoms with Crippen LogP contribution in [-0.2, 0) is 6.42 Å². The van der Waals surface area contributed by atoms with Gasteiger partial charge in [-0.1, -0.05) is 32.9 Å². The van der Waals surface area contributed by atoms with Crippen molar-refractivity contribution >= 4 is 0 Å². The molecule has 2 heterocycles. The first-order chi connectivity index (χ1) is 7.90. The minimum atomic E-state index is 0.926. The van der Waals surface area contributed by atoms with E-state index < -0.39 is 0 Å². The Hall–Kier alpha value is -1.70. The van der Waals surface area contributed by atoms with E-state index in [1.54, 1.807) is 6.20 Å². The van der Waals surface area contributed by atoms with Gasteiger partial charge in [0.2, 0.25) is 0 Å². The number of rotatable bonds is 2. The zero-order valence-electron chi connectivity index (χ0n) is 10.1. The number of hydrogen-bond donors (Lipinski definition) is 0. The monoisotopic (exact) mass is 214 g/mol. The molecule has 0 amide bonds. The van der Waals surface area contributed by atoms with Crippen molar-refractivity contribution in [3.05, 3.63) is 48.3 Å². The first kappa shape index (κ1) is 12.4. The molecule has 0 aromatic carbocycles. The summed E-state index contributed by atoms with van der Waals surface area (Å²) in [6.45, 7) is 6.12. The summed E-state index contributed by atoms with van der Waals surface area (Å²) in [7, 11) is 0. The molecular weight excluding hydrogens is 196 g/mol. The molecule has 0 aliphatic heterocycles. The molecule has 2 nitrogen and oxygen atoms in total. The summed E-state index contributed by atoms with van der Waals surface area (Å²) >= 11 is 0. The van der Waals surface area contributed by atoms with Gasteiger partial charge in [0.05, 0.1) is 11.4 Å². The third-order valence-corrected chi connectivity index (χ3v) is 2.16. The normalized spacial score (nSPS) is 9.19. The summed E-state index contributed by atoms with van der Waals surface area (Å²) in [5, 5.41) is 0. The lowest BCUT2D eigenvalue weighted by atomic mass is 10.2. The van der Waals surface area contributed by atoms with Crippen molar-refractivity contribution in [2.45, 2.75) is 27.2 Å². The maximum absolute atomic E-state index is 4.36. The van der Waals surface area contributed by atoms with Gasteiger partial charge in [0.15, 0.2) is 0 Å². The lowest BCUT2D eigenvalue weighted by Gasteiger charge is -2.00. The van der Waals surface area contributed by atoms with Gasteiger partial charge in [0.25, 0.3) is 0 Å². The number of hydrogen-bond acceptors (Lipinski definition) is 2. The molecule has 0 fully saturated rings. The number of pyridine rings is 2. The van der Waals surface area contributed by atoms with Crippen molar-refractivity contribution in [3.8, 4) is 11.4 Å². The maximum Gasteiger partial charge on any atom is 0.0886 e. The van der Waals surface area contributed by atoms with E-state index in [0.717, 1.165) is 17.8 Å². The quantitative estimate of drug-likeness (QED) is 0.761. The Morgan fingerprint density at radius 2 is 1.69 bits per heavy atom. The Labute approximate surface area is 97.4 Å². The second kappa shape index (κ2) is 6.72. The second-order valence-corrected chi connectivity index (χ2v) is 3.12. The Kier molecular flexibility index (Phi) is 5.20. The predicted octanol–water partition coefficient (Wildman–Crippen LogP) is 3.73. The summed E-state index contributed by atoms with van der Waals surface area (Å²) in [5.74, 6) is 0. The molecular formula is C14H18N2. The van der Waals surface area contributed by atoms with Gasteiger partial charge in [0.1, 0.15) is 0 Å². The van der Waals surface area contributed by atoms with E-state index in [2.05, 4.69) is 23.0 Å². The molecule has 16 heavy (non-hydrogen) atoms. The van der Waals surface area contributed by atoms with E-state index >= 15 is 0 Å². The Morgan fingerprint density at radius 3 is 2.19 bits per heavy atom. The molecule has 0 aliphatic carbocycles. The van der Waals surface area contributed by atoms with Crippen LogP contribution in [0.25, 0.3) is 11.4 Å². The largest absolute Gasteiger partial charge is 0.255 e. The van der Waals surface area contributed by atoms with E-state index in [1.807, 2.05) is 44.3 Å². The highest BCUT2D eigenvalue weighted by Crippen LogP contribution is 2.13. The molecule has 0 radical (unpaired) electrons. The van der Waals surface area contributed by atoms with E-state index in [4.69, 9.17) is 0 Å². The van der Waals surface area contributed by atoms with E-state index in [9.17, 15) is 0 Å². The second-order valence-electron chi connectivity index (χ2n) is 3.12. The highest BCUT2D eigenvalue weighted by Gasteiger charge is 1.98. The molecule has 0 saturated heterocycles. The summed E-state index contributed by atoms with van der Waals surface area (Å²) in [6, 6.07) is 9.95. The highest BCUT2D eigenvalue weighted by atomic mass is 14.8. The van der Waals surface area contributed by atoms with Crippen LogP contribution in [0.3, 0.4) is 0 Å². The van der Waals surface area contributed by atoms with Crippen LogP contribution in [0.1, 0.15) is 26.3 Å². The van der Waals surface area contributed by atoms with Gasteiger partial charge >= 0.3 is 0 Å². The molecule has 2 aromatic heterocycles. The number of aromatic nitrogens is 2. The smallest absolute Gasteiger partial charge is 0.0886 e. The van der Waals surface area contributed by atoms with Crippen molar-refractivity contribution < 1.29 is 0 Å². The third-order valence-electron chi connectivity index (χ3n) is 2.16. The van der Waals surface area contributed by atoms with Gasteiger partial charge in [-0.2, -0.15) is 0 Å². The minimum absolute atomic E-state index is 0.926. The molecule has 0 bridgehead atoms. The molecule has 0 atom stereocenters. The van der Waals surface area contributed by atoms with Crippen molar-refractivity contribution in [2.24, 2.45) is 0 Å². The van der Waals surface area contributed by atoms with Gasteiger partial charge in [-0.15, -0.1) is 0 Å². The zero-order valence-corrected chi connectivity index (χ0v) is 10.1. The van der Waals surface area contributed by atoms with Crippen LogP contribution in [-0.4, -0.2) is 9.97 Å². The molecule has 84 valence electrons. The third kappa shape index (κ3) is 3.16. The highest BCUT2D eigenvalue weighted by molar-refractivity contribution is 5.53. The molecule has 2 rings (SSSR count). The molecule has 2 heteroatoms. The van der Waals surface area contributed by atoms with Crippen molar-refractivity contribution in [1.82, 2.24) is 9.97 Å². The summed E-state index contributed by atoms with van der Waals surface area (Å²) < 4.78 is 0. The van der Waals surface area contributed by atoms with Crippen LogP contribution in [0.5, 0.6) is 0 Å². The van der Waals surface area contributed by atoms with Crippen molar-refractivity contribution in [3.63, 3.8) is 0 Å². The predicted molar refractivity (Wildman–Crippen MR) is 68.2 cm³/mol. The van der Waals surface area contributed by atoms with E-state index in [-0.39, 0.29) is 0 Å². The molecule has 0 N–H and O–H groups in total. The summed E-state index contributed by atoms with van der Waals surface area (Å²) in [4.78, 5) is 8.60. The first-order valence-electron chi connectivity index (χ1n) is 5.76. The van der Waals surface area contributed by atoms with Crippen LogP contribution in [0.4, 0.5) is 0 Å². The van der Waals surface area contributed by atoms with Gasteiger partial charge < -0.3 is 0 Å². The first-order valence-corrected chi connectivity index (χ1v) is 5.76. The molecule has 2 aromatic rings. The van der Waals surface area contributed by atoms with Gasteiger partial charge in [-0.3, -0.25) is 9.97 Å². The average Bonchev–Trinajstić information content (AvgIpc) is 2.42. The Bertz CT molecular complexity index is 393. The fourth-order valence-electron chi connectivity index (χ4n) is 1.30. The Morgan fingerprint density at radius 1 is 0.938 bits per heavy atom. The van der Waals surface area contributed by atoms with Crippen molar-refractivity contribution in [2.75, 3.05) is 0 Å². The van der Waals surface area contributed by atoms with E-state index in [0.29, 0.717) is 0 Å². The standard InChI is InChI=1S/C12H12N2.C2H6/c1-2-10-6-7-12(14-9-10)11-5-3-4-8-13-11;1-2/h3-9H,2H2,1H3;1-2H3. The molecule has 0 aliphatic rings. The average molecular weight is 214 g/mol. The van der Waals surface area contributed by atoms with Gasteiger partial charge in [-0.25, -0.2) is 0 Å². The van der Waals surface area contributed by atoms with Crippen LogP contribution in [0.2, 0.25) is 0 Å². The minimum Gasteiger partial charge on any atom is -0.255 e. The molecule has 0 saturated carbocycles. The SMILES string of the molecule is CC.CCc1ccc(-c2ccccn2)nc1. The van der Waals surface area contributed by atoms with Crippen molar-refractivity contribution in [1.29, 1.82) is 0 Å². The van der Waals surface area contributed by atoms with Crippen LogP contribution in [0, 0.1) is 0 Å². The maximum atomic E-state index is 4.36. The molecule has 0 unspecified atom stereocenters. The van der Waals surface area contributed by atoms with Crippen LogP contribution < -0.4 is 0 Å². The fraction of sp³-hybridized carbons (Fsp3) is 0.286. The summed E-state index contributed by atoms with van der Waals surface area (Å²) in [5.41, 5.74) is 3.11. The lowest BCUT2D eigenvalue weighted by Crippen LogP contribution is -1.88. The van der Waals surface area contributed by atoms with Crippen LogP contribution in [0.15, 0.2) is 42.7 Å². The number of nitrogens with zero attached hydrogens (tertiary/aromatic N) is 2. The lowest BCUT2D eigenvalue weighted by molar-refractivity contribution is 1.10.